The van der Waals surface area contributed by atoms with Crippen molar-refractivity contribution in [2.45, 2.75) is 19.5 Å². The molecule has 0 saturated heterocycles. The van der Waals surface area contributed by atoms with Crippen LogP contribution < -0.4 is 5.32 Å². The highest BCUT2D eigenvalue weighted by atomic mass is 32.1. The van der Waals surface area contributed by atoms with E-state index >= 15 is 0 Å². The SMILES string of the molecule is O=C(Nc1nc2c(s1)CN(C(=O)Cn1ccc3ccccc31)CC2)c1ccsc1. The molecule has 0 unspecified atom stereocenters. The van der Waals surface area contributed by atoms with Crippen LogP contribution in [0.25, 0.3) is 10.9 Å². The van der Waals surface area contributed by atoms with E-state index in [1.807, 2.05) is 56.8 Å². The smallest absolute Gasteiger partial charge is 0.258 e. The number of thiazole rings is 1. The number of para-hydroxylation sites is 1. The van der Waals surface area contributed by atoms with Gasteiger partial charge in [-0.15, -0.1) is 0 Å². The molecule has 0 spiro atoms. The number of fused-ring (bicyclic) bond motifs is 2. The molecule has 6 nitrogen and oxygen atoms in total. The van der Waals surface area contributed by atoms with Gasteiger partial charge >= 0.3 is 0 Å². The van der Waals surface area contributed by atoms with Crippen molar-refractivity contribution in [2.24, 2.45) is 0 Å². The second-order valence-electron chi connectivity index (χ2n) is 6.92. The molecule has 4 aromatic rings. The topological polar surface area (TPSA) is 67.2 Å². The Labute approximate surface area is 175 Å². The van der Waals surface area contributed by atoms with Gasteiger partial charge in [-0.2, -0.15) is 11.3 Å². The van der Waals surface area contributed by atoms with Crippen LogP contribution in [0.2, 0.25) is 0 Å². The lowest BCUT2D eigenvalue weighted by molar-refractivity contribution is -0.132. The fraction of sp³-hybridized carbons (Fsp3) is 0.190. The van der Waals surface area contributed by atoms with Gasteiger partial charge in [-0.05, 0) is 29.0 Å². The van der Waals surface area contributed by atoms with E-state index < -0.39 is 0 Å². The summed E-state index contributed by atoms with van der Waals surface area (Å²) in [5.74, 6) is -0.0565. The number of hydrogen-bond acceptors (Lipinski definition) is 5. The van der Waals surface area contributed by atoms with Crippen molar-refractivity contribution in [1.82, 2.24) is 14.5 Å². The van der Waals surface area contributed by atoms with Crippen LogP contribution in [-0.4, -0.2) is 32.8 Å². The summed E-state index contributed by atoms with van der Waals surface area (Å²) in [4.78, 5) is 32.6. The summed E-state index contributed by atoms with van der Waals surface area (Å²) in [6, 6.07) is 11.9. The Morgan fingerprint density at radius 2 is 2.07 bits per heavy atom. The molecule has 8 heteroatoms. The predicted molar refractivity (Wildman–Crippen MR) is 115 cm³/mol. The molecule has 0 fully saturated rings. The van der Waals surface area contributed by atoms with E-state index in [9.17, 15) is 9.59 Å². The molecule has 4 heterocycles. The number of thiophene rings is 1. The number of nitrogens with zero attached hydrogens (tertiary/aromatic N) is 3. The molecule has 146 valence electrons. The largest absolute Gasteiger partial charge is 0.338 e. The number of carbonyl (C=O) groups excluding carboxylic acids is 2. The lowest BCUT2D eigenvalue weighted by Crippen LogP contribution is -2.37. The normalized spacial score (nSPS) is 13.4. The second kappa shape index (κ2) is 7.46. The van der Waals surface area contributed by atoms with Crippen molar-refractivity contribution in [3.63, 3.8) is 0 Å². The van der Waals surface area contributed by atoms with Crippen LogP contribution in [0.1, 0.15) is 20.9 Å². The molecule has 29 heavy (non-hydrogen) atoms. The molecular formula is C21H18N4O2S2. The van der Waals surface area contributed by atoms with Gasteiger partial charge in [0.1, 0.15) is 6.54 Å². The van der Waals surface area contributed by atoms with E-state index in [2.05, 4.69) is 10.3 Å². The average molecular weight is 423 g/mol. The number of amides is 2. The predicted octanol–water partition coefficient (Wildman–Crippen LogP) is 4.00. The first-order valence-electron chi connectivity index (χ1n) is 9.31. The van der Waals surface area contributed by atoms with Crippen LogP contribution in [0.3, 0.4) is 0 Å². The van der Waals surface area contributed by atoms with E-state index in [1.165, 1.54) is 22.7 Å². The number of nitrogens with one attached hydrogen (secondary N) is 1. The van der Waals surface area contributed by atoms with E-state index in [1.54, 1.807) is 6.07 Å². The third kappa shape index (κ3) is 3.56. The molecule has 1 aliphatic rings. The van der Waals surface area contributed by atoms with Crippen molar-refractivity contribution < 1.29 is 9.59 Å². The van der Waals surface area contributed by atoms with Crippen LogP contribution in [0.5, 0.6) is 0 Å². The first kappa shape index (κ1) is 18.1. The second-order valence-corrected chi connectivity index (χ2v) is 8.79. The van der Waals surface area contributed by atoms with Crippen molar-refractivity contribution in [3.8, 4) is 0 Å². The molecule has 1 aliphatic heterocycles. The van der Waals surface area contributed by atoms with Gasteiger partial charge in [0.15, 0.2) is 5.13 Å². The van der Waals surface area contributed by atoms with Gasteiger partial charge in [0.05, 0.1) is 17.8 Å². The third-order valence-corrected chi connectivity index (χ3v) is 6.75. The highest BCUT2D eigenvalue weighted by molar-refractivity contribution is 7.16. The number of aromatic nitrogens is 2. The Kier molecular flexibility index (Phi) is 4.65. The standard InChI is InChI=1S/C21H18N4O2S2/c26-19(12-24-8-5-14-3-1-2-4-17(14)24)25-9-6-16-18(11-25)29-21(22-16)23-20(27)15-7-10-28-13-15/h1-5,7-8,10,13H,6,9,11-12H2,(H,22,23,27). The highest BCUT2D eigenvalue weighted by Gasteiger charge is 2.25. The molecule has 1 aromatic carbocycles. The zero-order valence-electron chi connectivity index (χ0n) is 15.5. The minimum absolute atomic E-state index is 0.0919. The van der Waals surface area contributed by atoms with Crippen molar-refractivity contribution in [2.75, 3.05) is 11.9 Å². The molecule has 0 bridgehead atoms. The molecule has 1 N–H and O–H groups in total. The third-order valence-electron chi connectivity index (χ3n) is 5.07. The van der Waals surface area contributed by atoms with E-state index in [0.29, 0.717) is 36.8 Å². The molecule has 0 aliphatic carbocycles. The number of rotatable bonds is 4. The molecule has 2 amide bonds. The van der Waals surface area contributed by atoms with Gasteiger partial charge in [0.25, 0.3) is 5.91 Å². The summed E-state index contributed by atoms with van der Waals surface area (Å²) in [6.45, 7) is 1.51. The van der Waals surface area contributed by atoms with E-state index in [4.69, 9.17) is 0 Å². The fourth-order valence-corrected chi connectivity index (χ4v) is 5.20. The van der Waals surface area contributed by atoms with Crippen LogP contribution in [0.15, 0.2) is 53.4 Å². The highest BCUT2D eigenvalue weighted by Crippen LogP contribution is 2.29. The quantitative estimate of drug-likeness (QED) is 0.541. The Balaban J connectivity index is 1.27. The zero-order chi connectivity index (χ0) is 19.8. The van der Waals surface area contributed by atoms with Gasteiger partial charge in [0.2, 0.25) is 5.91 Å². The van der Waals surface area contributed by atoms with Gasteiger partial charge in [-0.3, -0.25) is 14.9 Å². The molecule has 0 radical (unpaired) electrons. The molecule has 0 saturated carbocycles. The van der Waals surface area contributed by atoms with Crippen molar-refractivity contribution in [3.05, 3.63) is 69.5 Å². The number of anilines is 1. The zero-order valence-corrected chi connectivity index (χ0v) is 17.1. The summed E-state index contributed by atoms with van der Waals surface area (Å²) in [7, 11) is 0. The summed E-state index contributed by atoms with van der Waals surface area (Å²) >= 11 is 2.94. The van der Waals surface area contributed by atoms with Gasteiger partial charge in [0, 0.05) is 34.9 Å². The van der Waals surface area contributed by atoms with E-state index in [0.717, 1.165) is 21.5 Å². The van der Waals surface area contributed by atoms with Crippen LogP contribution in [0, 0.1) is 0 Å². The fourth-order valence-electron chi connectivity index (χ4n) is 3.55. The summed E-state index contributed by atoms with van der Waals surface area (Å²) in [5.41, 5.74) is 2.68. The number of hydrogen-bond donors (Lipinski definition) is 1. The molecule has 5 rings (SSSR count). The number of carbonyl (C=O) groups is 2. The summed E-state index contributed by atoms with van der Waals surface area (Å²) in [5, 5.41) is 8.29. The Bertz CT molecular complexity index is 1190. The summed E-state index contributed by atoms with van der Waals surface area (Å²) < 4.78 is 1.99. The van der Waals surface area contributed by atoms with Crippen molar-refractivity contribution in [1.29, 1.82) is 0 Å². The maximum atomic E-state index is 12.9. The molecular weight excluding hydrogens is 404 g/mol. The first-order valence-corrected chi connectivity index (χ1v) is 11.1. The summed E-state index contributed by atoms with van der Waals surface area (Å²) in [6.07, 6.45) is 2.67. The first-order chi connectivity index (χ1) is 14.2. The van der Waals surface area contributed by atoms with Gasteiger partial charge in [-0.25, -0.2) is 4.98 Å². The minimum Gasteiger partial charge on any atom is -0.338 e. The maximum Gasteiger partial charge on any atom is 0.258 e. The average Bonchev–Trinajstić information content (AvgIpc) is 3.47. The maximum absolute atomic E-state index is 12.9. The molecule has 3 aromatic heterocycles. The lowest BCUT2D eigenvalue weighted by atomic mass is 10.2. The van der Waals surface area contributed by atoms with Crippen LogP contribution in [0.4, 0.5) is 5.13 Å². The van der Waals surface area contributed by atoms with Gasteiger partial charge < -0.3 is 9.47 Å². The monoisotopic (exact) mass is 422 g/mol. The van der Waals surface area contributed by atoms with Crippen LogP contribution in [-0.2, 0) is 24.3 Å². The Hall–Kier alpha value is -2.97. The van der Waals surface area contributed by atoms with E-state index in [-0.39, 0.29) is 11.8 Å². The van der Waals surface area contributed by atoms with Crippen molar-refractivity contribution >= 4 is 50.5 Å². The van der Waals surface area contributed by atoms with Crippen LogP contribution >= 0.6 is 22.7 Å². The minimum atomic E-state index is -0.148. The Morgan fingerprint density at radius 1 is 1.17 bits per heavy atom. The molecule has 0 atom stereocenters. The van der Waals surface area contributed by atoms with Gasteiger partial charge in [-0.1, -0.05) is 29.5 Å². The number of benzene rings is 1. The Morgan fingerprint density at radius 3 is 2.93 bits per heavy atom. The lowest BCUT2D eigenvalue weighted by Gasteiger charge is -2.26.